The van der Waals surface area contributed by atoms with Gasteiger partial charge in [0.1, 0.15) is 5.56 Å². The Morgan fingerprint density at radius 1 is 1.19 bits per heavy atom. The molecule has 1 saturated carbocycles. The van der Waals surface area contributed by atoms with Crippen LogP contribution in [0.1, 0.15) is 34.3 Å². The Bertz CT molecular complexity index is 1080. The quantitative estimate of drug-likeness (QED) is 0.737. The summed E-state index contributed by atoms with van der Waals surface area (Å²) in [6.07, 6.45) is 3.47. The van der Waals surface area contributed by atoms with Gasteiger partial charge in [0.25, 0.3) is 11.5 Å². The van der Waals surface area contributed by atoms with Crippen LogP contribution in [0.5, 0.6) is 11.5 Å². The molecule has 2 aromatic rings. The van der Waals surface area contributed by atoms with Crippen LogP contribution in [0.15, 0.2) is 35.3 Å². The molecule has 2 aliphatic heterocycles. The first-order chi connectivity index (χ1) is 15.5. The van der Waals surface area contributed by atoms with Crippen molar-refractivity contribution in [1.82, 2.24) is 15.2 Å². The molecule has 4 atom stereocenters. The van der Waals surface area contributed by atoms with Gasteiger partial charge in [0, 0.05) is 13.3 Å². The number of fused-ring (bicyclic) bond motifs is 2. The number of nitrogens with one attached hydrogen (secondary N) is 2. The minimum absolute atomic E-state index is 0.0417. The summed E-state index contributed by atoms with van der Waals surface area (Å²) >= 11 is 0. The lowest BCUT2D eigenvalue weighted by molar-refractivity contribution is 0.0125. The molecule has 0 bridgehead atoms. The lowest BCUT2D eigenvalue weighted by Gasteiger charge is -2.37. The Hall–Kier alpha value is -2.84. The Kier molecular flexibility index (Phi) is 5.65. The van der Waals surface area contributed by atoms with Crippen molar-refractivity contribution in [2.24, 2.45) is 11.8 Å². The maximum atomic E-state index is 13.2. The molecule has 0 radical (unpaired) electrons. The molecule has 1 aromatic carbocycles. The molecule has 1 aliphatic carbocycles. The van der Waals surface area contributed by atoms with Crippen molar-refractivity contribution in [3.05, 3.63) is 57.5 Å². The SMILES string of the molecule is CO[C@H]1C[C@@H]2CNC[C@@H]2C[C@@H]1NC(=O)c1c(C)ccn(Cc2ccc3c(c2)OCO3)c1=O. The fourth-order valence-electron chi connectivity index (χ4n) is 5.23. The van der Waals surface area contributed by atoms with Crippen molar-refractivity contribution in [1.29, 1.82) is 0 Å². The van der Waals surface area contributed by atoms with Gasteiger partial charge < -0.3 is 29.4 Å². The summed E-state index contributed by atoms with van der Waals surface area (Å²) in [5.41, 5.74) is 1.46. The Morgan fingerprint density at radius 2 is 1.97 bits per heavy atom. The highest BCUT2D eigenvalue weighted by molar-refractivity contribution is 5.95. The number of rotatable bonds is 5. The van der Waals surface area contributed by atoms with Gasteiger partial charge in [-0.1, -0.05) is 6.07 Å². The van der Waals surface area contributed by atoms with Gasteiger partial charge in [-0.05, 0) is 74.0 Å². The Morgan fingerprint density at radius 3 is 2.78 bits per heavy atom. The second-order valence-electron chi connectivity index (χ2n) is 9.00. The monoisotopic (exact) mass is 439 g/mol. The van der Waals surface area contributed by atoms with E-state index in [0.717, 1.165) is 31.5 Å². The molecule has 170 valence electrons. The van der Waals surface area contributed by atoms with E-state index >= 15 is 0 Å². The zero-order chi connectivity index (χ0) is 22.2. The number of nitrogens with zero attached hydrogens (tertiary/aromatic N) is 1. The summed E-state index contributed by atoms with van der Waals surface area (Å²) in [5.74, 6) is 2.16. The molecule has 32 heavy (non-hydrogen) atoms. The van der Waals surface area contributed by atoms with Crippen LogP contribution in [-0.2, 0) is 11.3 Å². The molecule has 0 spiro atoms. The number of carbonyl (C=O) groups is 1. The number of ether oxygens (including phenoxy) is 3. The fraction of sp³-hybridized carbons (Fsp3) is 0.500. The van der Waals surface area contributed by atoms with Gasteiger partial charge in [-0.3, -0.25) is 9.59 Å². The van der Waals surface area contributed by atoms with Gasteiger partial charge >= 0.3 is 0 Å². The predicted octanol–water partition coefficient (Wildman–Crippen LogP) is 1.68. The van der Waals surface area contributed by atoms with Crippen molar-refractivity contribution in [2.45, 2.75) is 38.5 Å². The summed E-state index contributed by atoms with van der Waals surface area (Å²) in [6, 6.07) is 7.32. The molecule has 3 aliphatic rings. The van der Waals surface area contributed by atoms with Crippen LogP contribution in [0.2, 0.25) is 0 Å². The lowest BCUT2D eigenvalue weighted by atomic mass is 9.77. The van der Waals surface area contributed by atoms with E-state index in [4.69, 9.17) is 14.2 Å². The number of hydrogen-bond acceptors (Lipinski definition) is 6. The van der Waals surface area contributed by atoms with E-state index in [1.807, 2.05) is 24.3 Å². The number of hydrogen-bond donors (Lipinski definition) is 2. The third kappa shape index (κ3) is 3.89. The van der Waals surface area contributed by atoms with E-state index in [1.54, 1.807) is 24.8 Å². The van der Waals surface area contributed by atoms with Gasteiger partial charge in [-0.15, -0.1) is 0 Å². The van der Waals surface area contributed by atoms with E-state index < -0.39 is 0 Å². The van der Waals surface area contributed by atoms with Crippen molar-refractivity contribution in [3.63, 3.8) is 0 Å². The summed E-state index contributed by atoms with van der Waals surface area (Å²) in [5, 5.41) is 6.55. The highest BCUT2D eigenvalue weighted by atomic mass is 16.7. The van der Waals surface area contributed by atoms with Crippen LogP contribution >= 0.6 is 0 Å². The zero-order valence-corrected chi connectivity index (χ0v) is 18.4. The molecule has 1 aromatic heterocycles. The third-order valence-electron chi connectivity index (χ3n) is 7.03. The summed E-state index contributed by atoms with van der Waals surface area (Å²) in [4.78, 5) is 26.5. The Balaban J connectivity index is 1.36. The normalized spacial score (nSPS) is 26.1. The first-order valence-corrected chi connectivity index (χ1v) is 11.2. The molecule has 2 fully saturated rings. The van der Waals surface area contributed by atoms with Crippen LogP contribution < -0.4 is 25.7 Å². The Labute approximate surface area is 186 Å². The summed E-state index contributed by atoms with van der Waals surface area (Å²) in [6.45, 7) is 4.32. The number of benzene rings is 1. The number of carbonyl (C=O) groups excluding carboxylic acids is 1. The predicted molar refractivity (Wildman–Crippen MR) is 118 cm³/mol. The minimum Gasteiger partial charge on any atom is -0.454 e. The van der Waals surface area contributed by atoms with E-state index in [2.05, 4.69) is 10.6 Å². The summed E-state index contributed by atoms with van der Waals surface area (Å²) in [7, 11) is 1.69. The molecular formula is C24H29N3O5. The molecule has 3 heterocycles. The standard InChI is InChI=1S/C24H29N3O5/c1-14-5-6-27(12-15-3-4-19-21(7-15)32-13-31-19)24(29)22(14)23(28)26-18-8-16-10-25-11-17(16)9-20(18)30-2/h3-7,16-18,20,25H,8-13H2,1-2H3,(H,26,28)/t16-,17+,18-,20-/m0/s1. The third-order valence-corrected chi connectivity index (χ3v) is 7.03. The molecular weight excluding hydrogens is 410 g/mol. The maximum absolute atomic E-state index is 13.2. The van der Waals surface area contributed by atoms with Crippen LogP contribution in [-0.4, -0.2) is 49.6 Å². The molecule has 1 amide bonds. The molecule has 8 nitrogen and oxygen atoms in total. The smallest absolute Gasteiger partial charge is 0.263 e. The van der Waals surface area contributed by atoms with Gasteiger partial charge in [-0.25, -0.2) is 0 Å². The fourth-order valence-corrected chi connectivity index (χ4v) is 5.23. The van der Waals surface area contributed by atoms with Crippen molar-refractivity contribution in [2.75, 3.05) is 27.0 Å². The zero-order valence-electron chi connectivity index (χ0n) is 18.4. The second-order valence-corrected chi connectivity index (χ2v) is 9.00. The second kappa shape index (κ2) is 8.60. The number of aryl methyl sites for hydroxylation is 1. The van der Waals surface area contributed by atoms with E-state index in [0.29, 0.717) is 35.4 Å². The van der Waals surface area contributed by atoms with Gasteiger partial charge in [-0.2, -0.15) is 0 Å². The van der Waals surface area contributed by atoms with Crippen LogP contribution in [0.3, 0.4) is 0 Å². The number of pyridine rings is 1. The van der Waals surface area contributed by atoms with E-state index in [9.17, 15) is 9.59 Å². The average molecular weight is 440 g/mol. The van der Waals surface area contributed by atoms with Gasteiger partial charge in [0.15, 0.2) is 11.5 Å². The highest BCUT2D eigenvalue weighted by Crippen LogP contribution is 2.34. The minimum atomic E-state index is -0.330. The van der Waals surface area contributed by atoms with Crippen LogP contribution in [0.25, 0.3) is 0 Å². The van der Waals surface area contributed by atoms with Crippen molar-refractivity contribution in [3.8, 4) is 11.5 Å². The largest absolute Gasteiger partial charge is 0.454 e. The number of amides is 1. The van der Waals surface area contributed by atoms with Crippen LogP contribution in [0, 0.1) is 18.8 Å². The van der Waals surface area contributed by atoms with Gasteiger partial charge in [0.05, 0.1) is 18.7 Å². The van der Waals surface area contributed by atoms with E-state index in [1.165, 1.54) is 0 Å². The van der Waals surface area contributed by atoms with E-state index in [-0.39, 0.29) is 36.0 Å². The number of aromatic nitrogens is 1. The molecule has 0 unspecified atom stereocenters. The first-order valence-electron chi connectivity index (χ1n) is 11.2. The average Bonchev–Trinajstić information content (AvgIpc) is 3.43. The maximum Gasteiger partial charge on any atom is 0.263 e. The van der Waals surface area contributed by atoms with Crippen molar-refractivity contribution >= 4 is 5.91 Å². The topological polar surface area (TPSA) is 90.8 Å². The summed E-state index contributed by atoms with van der Waals surface area (Å²) < 4.78 is 18.0. The molecule has 5 rings (SSSR count). The highest BCUT2D eigenvalue weighted by Gasteiger charge is 2.40. The number of methoxy groups -OCH3 is 1. The first kappa shape index (κ1) is 21.0. The van der Waals surface area contributed by atoms with Crippen LogP contribution in [0.4, 0.5) is 0 Å². The molecule has 8 heteroatoms. The van der Waals surface area contributed by atoms with Gasteiger partial charge in [0.2, 0.25) is 6.79 Å². The molecule has 2 N–H and O–H groups in total. The molecule has 1 saturated heterocycles. The van der Waals surface area contributed by atoms with Crippen molar-refractivity contribution < 1.29 is 19.0 Å². The lowest BCUT2D eigenvalue weighted by Crippen LogP contribution is -2.51.